The number of halogens is 2. The maximum absolute atomic E-state index is 10.3. The molecule has 8 heteroatoms. The quantitative estimate of drug-likeness (QED) is 0.249. The molecule has 2 aromatic rings. The van der Waals surface area contributed by atoms with Crippen LogP contribution in [0.4, 0.5) is 11.4 Å². The van der Waals surface area contributed by atoms with Crippen molar-refractivity contribution in [2.75, 3.05) is 63.2 Å². The standard InChI is InChI=1S/C26H37Cl2N3O3/c27-23-17-21(18-24(28)26(23)29)25(32)19-30-10-3-1-2-4-13-33-14-9-20-5-7-22(8-6-20)31-11-15-34-16-12-31/h5-8,17-18,25,30,32H,1-4,9-16,19,29H2. The fourth-order valence-electron chi connectivity index (χ4n) is 3.95. The van der Waals surface area contributed by atoms with E-state index in [1.165, 1.54) is 11.3 Å². The maximum atomic E-state index is 10.3. The number of ether oxygens (including phenoxy) is 2. The number of anilines is 2. The van der Waals surface area contributed by atoms with Gasteiger partial charge in [-0.3, -0.25) is 0 Å². The Morgan fingerprint density at radius 3 is 2.38 bits per heavy atom. The van der Waals surface area contributed by atoms with E-state index in [9.17, 15) is 5.11 Å². The van der Waals surface area contributed by atoms with Crippen molar-refractivity contribution >= 4 is 34.6 Å². The number of nitrogens with two attached hydrogens (primary N) is 1. The number of nitrogens with zero attached hydrogens (tertiary/aromatic N) is 1. The normalized spacial score (nSPS) is 15.0. The summed E-state index contributed by atoms with van der Waals surface area (Å²) in [6, 6.07) is 12.1. The summed E-state index contributed by atoms with van der Waals surface area (Å²) in [4.78, 5) is 2.37. The topological polar surface area (TPSA) is 80.0 Å². The van der Waals surface area contributed by atoms with E-state index in [1.807, 2.05) is 0 Å². The first-order chi connectivity index (χ1) is 16.5. The molecule has 3 rings (SSSR count). The van der Waals surface area contributed by atoms with Crippen molar-refractivity contribution in [2.24, 2.45) is 0 Å². The van der Waals surface area contributed by atoms with Crippen molar-refractivity contribution in [3.63, 3.8) is 0 Å². The van der Waals surface area contributed by atoms with Crippen LogP contribution in [-0.2, 0) is 15.9 Å². The average Bonchev–Trinajstić information content (AvgIpc) is 2.86. The van der Waals surface area contributed by atoms with E-state index in [4.69, 9.17) is 38.4 Å². The highest BCUT2D eigenvalue weighted by atomic mass is 35.5. The van der Waals surface area contributed by atoms with Gasteiger partial charge in [-0.25, -0.2) is 0 Å². The first-order valence-corrected chi connectivity index (χ1v) is 12.9. The Bertz CT molecular complexity index is 838. The van der Waals surface area contributed by atoms with E-state index in [0.29, 0.717) is 27.8 Å². The number of aliphatic hydroxyl groups excluding tert-OH is 1. The van der Waals surface area contributed by atoms with Crippen LogP contribution in [0.15, 0.2) is 36.4 Å². The summed E-state index contributed by atoms with van der Waals surface area (Å²) >= 11 is 12.1. The number of nitrogens with one attached hydrogen (secondary N) is 1. The summed E-state index contributed by atoms with van der Waals surface area (Å²) in [6.07, 6.45) is 4.68. The first-order valence-electron chi connectivity index (χ1n) is 12.2. The van der Waals surface area contributed by atoms with Crippen LogP contribution in [0.2, 0.25) is 10.0 Å². The monoisotopic (exact) mass is 509 g/mol. The predicted octanol–water partition coefficient (Wildman–Crippen LogP) is 4.85. The van der Waals surface area contributed by atoms with Crippen molar-refractivity contribution in [3.05, 3.63) is 57.6 Å². The van der Waals surface area contributed by atoms with Crippen LogP contribution in [0.25, 0.3) is 0 Å². The van der Waals surface area contributed by atoms with Gasteiger partial charge < -0.3 is 30.5 Å². The van der Waals surface area contributed by atoms with Gasteiger partial charge in [0, 0.05) is 31.9 Å². The van der Waals surface area contributed by atoms with Gasteiger partial charge in [-0.1, -0.05) is 48.2 Å². The third kappa shape index (κ3) is 8.91. The molecule has 1 aliphatic rings. The summed E-state index contributed by atoms with van der Waals surface area (Å²) in [6.45, 7) is 6.42. The van der Waals surface area contributed by atoms with Crippen LogP contribution < -0.4 is 16.0 Å². The van der Waals surface area contributed by atoms with Gasteiger partial charge in [0.25, 0.3) is 0 Å². The Balaban J connectivity index is 1.16. The highest BCUT2D eigenvalue weighted by Crippen LogP contribution is 2.31. The third-order valence-corrected chi connectivity index (χ3v) is 6.69. The molecule has 0 radical (unpaired) electrons. The minimum Gasteiger partial charge on any atom is -0.396 e. The molecule has 6 nitrogen and oxygen atoms in total. The molecule has 4 N–H and O–H groups in total. The van der Waals surface area contributed by atoms with Crippen LogP contribution in [0.1, 0.15) is 42.9 Å². The molecule has 34 heavy (non-hydrogen) atoms. The summed E-state index contributed by atoms with van der Waals surface area (Å²) in [7, 11) is 0. The largest absolute Gasteiger partial charge is 0.396 e. The lowest BCUT2D eigenvalue weighted by Gasteiger charge is -2.28. The molecule has 0 amide bonds. The van der Waals surface area contributed by atoms with Gasteiger partial charge in [0.15, 0.2) is 0 Å². The van der Waals surface area contributed by atoms with Gasteiger partial charge >= 0.3 is 0 Å². The number of aliphatic hydroxyl groups is 1. The second-order valence-corrected chi connectivity index (χ2v) is 9.48. The Hall–Kier alpha value is -1.54. The molecule has 1 heterocycles. The van der Waals surface area contributed by atoms with Crippen LogP contribution >= 0.6 is 23.2 Å². The summed E-state index contributed by atoms with van der Waals surface area (Å²) in [5.41, 5.74) is 9.34. The highest BCUT2D eigenvalue weighted by Gasteiger charge is 2.12. The summed E-state index contributed by atoms with van der Waals surface area (Å²) in [5, 5.41) is 14.3. The number of unbranched alkanes of at least 4 members (excludes halogenated alkanes) is 3. The van der Waals surface area contributed by atoms with E-state index < -0.39 is 6.10 Å². The van der Waals surface area contributed by atoms with Crippen LogP contribution in [0.3, 0.4) is 0 Å². The second-order valence-electron chi connectivity index (χ2n) is 8.66. The minimum atomic E-state index is -0.667. The van der Waals surface area contributed by atoms with E-state index in [1.54, 1.807) is 12.1 Å². The van der Waals surface area contributed by atoms with Crippen molar-refractivity contribution in [3.8, 4) is 0 Å². The lowest BCUT2D eigenvalue weighted by Crippen LogP contribution is -2.36. The molecule has 1 aliphatic heterocycles. The molecule has 1 unspecified atom stereocenters. The summed E-state index contributed by atoms with van der Waals surface area (Å²) < 4.78 is 11.2. The van der Waals surface area contributed by atoms with Crippen molar-refractivity contribution in [2.45, 2.75) is 38.2 Å². The molecule has 0 aromatic heterocycles. The van der Waals surface area contributed by atoms with Gasteiger partial charge in [-0.05, 0) is 61.2 Å². The lowest BCUT2D eigenvalue weighted by molar-refractivity contribution is 0.122. The first kappa shape index (κ1) is 27.1. The third-order valence-electron chi connectivity index (χ3n) is 6.06. The molecule has 188 valence electrons. The molecule has 0 bridgehead atoms. The molecule has 0 spiro atoms. The molecule has 0 aliphatic carbocycles. The Morgan fingerprint density at radius 1 is 1.00 bits per heavy atom. The number of rotatable bonds is 14. The number of hydrogen-bond donors (Lipinski definition) is 3. The van der Waals surface area contributed by atoms with Crippen molar-refractivity contribution in [1.82, 2.24) is 5.32 Å². The van der Waals surface area contributed by atoms with Crippen LogP contribution in [0.5, 0.6) is 0 Å². The van der Waals surface area contributed by atoms with Crippen LogP contribution in [0, 0.1) is 0 Å². The second kappa shape index (κ2) is 14.8. The van der Waals surface area contributed by atoms with Crippen molar-refractivity contribution < 1.29 is 14.6 Å². The zero-order valence-electron chi connectivity index (χ0n) is 19.8. The Morgan fingerprint density at radius 2 is 1.68 bits per heavy atom. The minimum absolute atomic E-state index is 0.342. The van der Waals surface area contributed by atoms with Gasteiger partial charge in [0.05, 0.1) is 41.7 Å². The zero-order chi connectivity index (χ0) is 24.2. The molecular formula is C26H37Cl2N3O3. The smallest absolute Gasteiger partial charge is 0.0915 e. The number of nitrogen functional groups attached to an aromatic ring is 1. The van der Waals surface area contributed by atoms with E-state index in [0.717, 1.165) is 78.2 Å². The number of benzene rings is 2. The molecule has 1 fully saturated rings. The Kier molecular flexibility index (Phi) is 11.7. The molecule has 0 saturated carbocycles. The lowest BCUT2D eigenvalue weighted by atomic mass is 10.1. The fraction of sp³-hybridized carbons (Fsp3) is 0.538. The molecular weight excluding hydrogens is 473 g/mol. The summed E-state index contributed by atoms with van der Waals surface area (Å²) in [5.74, 6) is 0. The van der Waals surface area contributed by atoms with Gasteiger partial charge in [0.2, 0.25) is 0 Å². The van der Waals surface area contributed by atoms with Gasteiger partial charge in [-0.15, -0.1) is 0 Å². The van der Waals surface area contributed by atoms with Crippen molar-refractivity contribution in [1.29, 1.82) is 0 Å². The number of hydrogen-bond acceptors (Lipinski definition) is 6. The van der Waals surface area contributed by atoms with Crippen LogP contribution in [-0.4, -0.2) is 57.7 Å². The fourth-order valence-corrected chi connectivity index (χ4v) is 4.45. The number of morpholine rings is 1. The van der Waals surface area contributed by atoms with Gasteiger partial charge in [-0.2, -0.15) is 0 Å². The average molecular weight is 511 g/mol. The predicted molar refractivity (Wildman–Crippen MR) is 141 cm³/mol. The van der Waals surface area contributed by atoms with Gasteiger partial charge in [0.1, 0.15) is 0 Å². The SMILES string of the molecule is Nc1c(Cl)cc(C(O)CNCCCCCCOCCc2ccc(N3CCOCC3)cc2)cc1Cl. The Labute approximate surface area is 213 Å². The molecule has 2 aromatic carbocycles. The molecule has 1 saturated heterocycles. The maximum Gasteiger partial charge on any atom is 0.0915 e. The molecule has 1 atom stereocenters. The highest BCUT2D eigenvalue weighted by molar-refractivity contribution is 6.38. The zero-order valence-corrected chi connectivity index (χ0v) is 21.3. The van der Waals surface area contributed by atoms with E-state index in [-0.39, 0.29) is 0 Å². The van der Waals surface area contributed by atoms with E-state index >= 15 is 0 Å². The van der Waals surface area contributed by atoms with E-state index in [2.05, 4.69) is 34.5 Å².